The summed E-state index contributed by atoms with van der Waals surface area (Å²) in [6.45, 7) is 3.31. The third-order valence-corrected chi connectivity index (χ3v) is 4.51. The van der Waals surface area contributed by atoms with Crippen LogP contribution in [0.4, 0.5) is 0 Å². The molecule has 1 aromatic rings. The first-order chi connectivity index (χ1) is 12.0. The van der Waals surface area contributed by atoms with Crippen molar-refractivity contribution in [1.82, 2.24) is 5.32 Å². The smallest absolute Gasteiger partial charge is 0.344 e. The lowest BCUT2D eigenvalue weighted by molar-refractivity contribution is -0.157. The zero-order chi connectivity index (χ0) is 18.2. The normalized spacial score (nSPS) is 21.0. The first kappa shape index (κ1) is 19.0. The maximum atomic E-state index is 12.2. The lowest BCUT2D eigenvalue weighted by Crippen LogP contribution is -2.46. The highest BCUT2D eigenvalue weighted by molar-refractivity contribution is 5.84. The third-order valence-electron chi connectivity index (χ3n) is 4.51. The standard InChI is InChI=1S/C19H25NO5/c1-13-7-3-5-9-16(13)20-19(23)14(2)25-18(22)12-24-17-10-6-4-8-15(17)11-21/h4,6,8,10-11,13-14,16H,3,5,7,9,12H2,1-2H3,(H,20,23)/t13-,14-,16-/m1/s1. The number of para-hydroxylation sites is 1. The second-order valence-electron chi connectivity index (χ2n) is 6.45. The largest absolute Gasteiger partial charge is 0.481 e. The molecule has 6 heteroatoms. The maximum Gasteiger partial charge on any atom is 0.344 e. The zero-order valence-electron chi connectivity index (χ0n) is 14.7. The average molecular weight is 347 g/mol. The van der Waals surface area contributed by atoms with E-state index >= 15 is 0 Å². The van der Waals surface area contributed by atoms with E-state index in [1.807, 2.05) is 0 Å². The van der Waals surface area contributed by atoms with Crippen LogP contribution in [0.25, 0.3) is 0 Å². The van der Waals surface area contributed by atoms with Gasteiger partial charge in [0, 0.05) is 6.04 Å². The zero-order valence-corrected chi connectivity index (χ0v) is 14.7. The molecule has 6 nitrogen and oxygen atoms in total. The van der Waals surface area contributed by atoms with Gasteiger partial charge in [-0.3, -0.25) is 9.59 Å². The van der Waals surface area contributed by atoms with Crippen LogP contribution < -0.4 is 10.1 Å². The van der Waals surface area contributed by atoms with E-state index in [1.165, 1.54) is 6.42 Å². The summed E-state index contributed by atoms with van der Waals surface area (Å²) in [5, 5.41) is 2.96. The highest BCUT2D eigenvalue weighted by atomic mass is 16.6. The summed E-state index contributed by atoms with van der Waals surface area (Å²) in [6, 6.07) is 6.73. The molecule has 1 fully saturated rings. The van der Waals surface area contributed by atoms with Crippen LogP contribution in [0.15, 0.2) is 24.3 Å². The number of benzene rings is 1. The molecule has 1 amide bonds. The van der Waals surface area contributed by atoms with Gasteiger partial charge in [0.1, 0.15) is 5.75 Å². The van der Waals surface area contributed by atoms with Gasteiger partial charge in [-0.25, -0.2) is 4.79 Å². The van der Waals surface area contributed by atoms with E-state index in [1.54, 1.807) is 31.2 Å². The van der Waals surface area contributed by atoms with Gasteiger partial charge in [0.25, 0.3) is 5.91 Å². The van der Waals surface area contributed by atoms with Gasteiger partial charge in [-0.1, -0.05) is 31.9 Å². The van der Waals surface area contributed by atoms with Crippen molar-refractivity contribution in [1.29, 1.82) is 0 Å². The highest BCUT2D eigenvalue weighted by Gasteiger charge is 2.26. The van der Waals surface area contributed by atoms with Crippen LogP contribution >= 0.6 is 0 Å². The van der Waals surface area contributed by atoms with Gasteiger partial charge in [0.15, 0.2) is 19.0 Å². The van der Waals surface area contributed by atoms with Crippen LogP contribution in [-0.2, 0) is 14.3 Å². The molecule has 1 aromatic carbocycles. The van der Waals surface area contributed by atoms with E-state index < -0.39 is 12.1 Å². The van der Waals surface area contributed by atoms with Gasteiger partial charge >= 0.3 is 5.97 Å². The Morgan fingerprint density at radius 3 is 2.72 bits per heavy atom. The molecule has 1 aliphatic carbocycles. The van der Waals surface area contributed by atoms with Crippen LogP contribution in [0.3, 0.4) is 0 Å². The van der Waals surface area contributed by atoms with Gasteiger partial charge < -0.3 is 14.8 Å². The number of rotatable bonds is 7. The van der Waals surface area contributed by atoms with Gasteiger partial charge in [0.05, 0.1) is 5.56 Å². The van der Waals surface area contributed by atoms with Crippen molar-refractivity contribution in [3.63, 3.8) is 0 Å². The summed E-state index contributed by atoms with van der Waals surface area (Å²) in [6.07, 6.45) is 4.13. The number of aldehydes is 1. The molecule has 0 saturated heterocycles. The number of carbonyl (C=O) groups excluding carboxylic acids is 3. The topological polar surface area (TPSA) is 81.7 Å². The monoisotopic (exact) mass is 347 g/mol. The molecule has 1 aliphatic rings. The molecule has 3 atom stereocenters. The summed E-state index contributed by atoms with van der Waals surface area (Å²) in [7, 11) is 0. The second kappa shape index (κ2) is 9.20. The first-order valence-corrected chi connectivity index (χ1v) is 8.68. The lowest BCUT2D eigenvalue weighted by Gasteiger charge is -2.30. The number of carbonyl (C=O) groups is 3. The highest BCUT2D eigenvalue weighted by Crippen LogP contribution is 2.23. The maximum absolute atomic E-state index is 12.2. The Hall–Kier alpha value is -2.37. The van der Waals surface area contributed by atoms with Crippen molar-refractivity contribution in [2.45, 2.75) is 51.7 Å². The third kappa shape index (κ3) is 5.59. The van der Waals surface area contributed by atoms with Crippen molar-refractivity contribution in [3.8, 4) is 5.75 Å². The number of ether oxygens (including phenoxy) is 2. The number of esters is 1. The quantitative estimate of drug-likeness (QED) is 0.605. The molecule has 1 saturated carbocycles. The Morgan fingerprint density at radius 1 is 1.28 bits per heavy atom. The molecule has 136 valence electrons. The molecule has 0 heterocycles. The molecule has 0 aromatic heterocycles. The summed E-state index contributed by atoms with van der Waals surface area (Å²) < 4.78 is 10.4. The Morgan fingerprint density at radius 2 is 2.00 bits per heavy atom. The van der Waals surface area contributed by atoms with E-state index in [0.717, 1.165) is 19.3 Å². The lowest BCUT2D eigenvalue weighted by atomic mass is 9.86. The van der Waals surface area contributed by atoms with E-state index in [-0.39, 0.29) is 18.6 Å². The van der Waals surface area contributed by atoms with Crippen LogP contribution in [-0.4, -0.2) is 36.9 Å². The molecule has 0 aliphatic heterocycles. The average Bonchev–Trinajstić information content (AvgIpc) is 2.62. The number of hydrogen-bond donors (Lipinski definition) is 1. The number of nitrogens with one attached hydrogen (secondary N) is 1. The minimum Gasteiger partial charge on any atom is -0.481 e. The minimum absolute atomic E-state index is 0.137. The number of amides is 1. The fourth-order valence-electron chi connectivity index (χ4n) is 2.96. The minimum atomic E-state index is -0.883. The van der Waals surface area contributed by atoms with E-state index in [4.69, 9.17) is 9.47 Å². The summed E-state index contributed by atoms with van der Waals surface area (Å²) in [5.41, 5.74) is 0.354. The first-order valence-electron chi connectivity index (χ1n) is 8.68. The molecular weight excluding hydrogens is 322 g/mol. The van der Waals surface area contributed by atoms with Gasteiger partial charge in [-0.15, -0.1) is 0 Å². The SMILES string of the molecule is C[C@@H]1CCCC[C@H]1NC(=O)[C@@H](C)OC(=O)COc1ccccc1C=O. The predicted molar refractivity (Wildman–Crippen MR) is 92.4 cm³/mol. The van der Waals surface area contributed by atoms with E-state index in [9.17, 15) is 14.4 Å². The Kier molecular flexibility index (Phi) is 6.98. The molecule has 1 N–H and O–H groups in total. The summed E-state index contributed by atoms with van der Waals surface area (Å²) in [4.78, 5) is 35.0. The van der Waals surface area contributed by atoms with Gasteiger partial charge in [-0.2, -0.15) is 0 Å². The Balaban J connectivity index is 1.79. The Bertz CT molecular complexity index is 616. The Labute approximate surface area is 147 Å². The van der Waals surface area contributed by atoms with Crippen LogP contribution in [0.2, 0.25) is 0 Å². The molecule has 0 radical (unpaired) electrons. The molecule has 2 rings (SSSR count). The number of hydrogen-bond acceptors (Lipinski definition) is 5. The molecule has 0 unspecified atom stereocenters. The molecular formula is C19H25NO5. The predicted octanol–water partition coefficient (Wildman–Crippen LogP) is 2.50. The van der Waals surface area contributed by atoms with Crippen molar-refractivity contribution in [2.24, 2.45) is 5.92 Å². The van der Waals surface area contributed by atoms with Crippen molar-refractivity contribution in [2.75, 3.05) is 6.61 Å². The van der Waals surface area contributed by atoms with E-state index in [2.05, 4.69) is 12.2 Å². The van der Waals surface area contributed by atoms with Gasteiger partial charge in [-0.05, 0) is 37.8 Å². The van der Waals surface area contributed by atoms with Crippen molar-refractivity contribution in [3.05, 3.63) is 29.8 Å². The van der Waals surface area contributed by atoms with Crippen molar-refractivity contribution >= 4 is 18.2 Å². The molecule has 0 spiro atoms. The van der Waals surface area contributed by atoms with E-state index in [0.29, 0.717) is 23.5 Å². The van der Waals surface area contributed by atoms with Crippen LogP contribution in [0, 0.1) is 5.92 Å². The van der Waals surface area contributed by atoms with Crippen molar-refractivity contribution < 1.29 is 23.9 Å². The van der Waals surface area contributed by atoms with Crippen LogP contribution in [0.1, 0.15) is 49.9 Å². The molecule has 0 bridgehead atoms. The molecule has 25 heavy (non-hydrogen) atoms. The fourth-order valence-corrected chi connectivity index (χ4v) is 2.96. The fraction of sp³-hybridized carbons (Fsp3) is 0.526. The summed E-state index contributed by atoms with van der Waals surface area (Å²) >= 11 is 0. The van der Waals surface area contributed by atoms with Gasteiger partial charge in [0.2, 0.25) is 0 Å². The second-order valence-corrected chi connectivity index (χ2v) is 6.45. The van der Waals surface area contributed by atoms with Crippen LogP contribution in [0.5, 0.6) is 5.75 Å². The summed E-state index contributed by atoms with van der Waals surface area (Å²) in [5.74, 6) is -0.202.